The molecule has 0 amide bonds. The molecule has 0 rings (SSSR count). The van der Waals surface area contributed by atoms with Crippen molar-refractivity contribution in [3.8, 4) is 0 Å². The van der Waals surface area contributed by atoms with Crippen molar-refractivity contribution in [2.24, 2.45) is 0 Å². The molecule has 0 nitrogen and oxygen atoms in total. The van der Waals surface area contributed by atoms with Crippen molar-refractivity contribution in [2.45, 2.75) is 19.6 Å². The van der Waals surface area contributed by atoms with Crippen LogP contribution in [0.3, 0.4) is 0 Å². The second-order valence-electron chi connectivity index (χ2n) is 1.50. The van der Waals surface area contributed by atoms with E-state index in [4.69, 9.17) is 0 Å². The molecule has 0 aliphatic heterocycles. The fourth-order valence-corrected chi connectivity index (χ4v) is 0. The van der Waals surface area contributed by atoms with E-state index in [1.807, 2.05) is 0 Å². The Morgan fingerprint density at radius 2 is 1.00 bits per heavy atom. The Balaban J connectivity index is -0.0000000450. The molecule has 0 aromatic carbocycles. The summed E-state index contributed by atoms with van der Waals surface area (Å²) < 4.78 is 0. The Hall–Kier alpha value is 1.85. The predicted octanol–water partition coefficient (Wildman–Crippen LogP) is 0.987. The second kappa shape index (κ2) is 9.97. The Labute approximate surface area is 77.7 Å². The van der Waals surface area contributed by atoms with Crippen LogP contribution in [0.25, 0.3) is 0 Å². The Morgan fingerprint density at radius 3 is 1.00 bits per heavy atom. The van der Waals surface area contributed by atoms with E-state index in [1.54, 1.807) is 0 Å². The van der Waals surface area contributed by atoms with Gasteiger partial charge in [-0.1, -0.05) is 19.6 Å². The fraction of sp³-hybridized carbons (Fsp3) is 1.00. The zero-order valence-corrected chi connectivity index (χ0v) is 9.65. The zero-order valence-electron chi connectivity index (χ0n) is 4.65. The molecule has 0 atom stereocenters. The van der Waals surface area contributed by atoms with Crippen molar-refractivity contribution in [3.05, 3.63) is 0 Å². The molecule has 0 unspecified atom stereocenters. The predicted molar refractivity (Wildman–Crippen MR) is 29.1 cm³/mol. The van der Waals surface area contributed by atoms with Crippen LogP contribution in [0.1, 0.15) is 0 Å². The molecule has 0 N–H and O–H groups in total. The quantitative estimate of drug-likeness (QED) is 0.498. The summed E-state index contributed by atoms with van der Waals surface area (Å²) in [4.78, 5) is 0. The van der Waals surface area contributed by atoms with Crippen LogP contribution in [0, 0.1) is 0 Å². The molecule has 31 valence electrons. The van der Waals surface area contributed by atoms with Gasteiger partial charge in [0.05, 0.1) is 0 Å². The molecular weight excluding hydrogens is 180 g/mol. The van der Waals surface area contributed by atoms with Gasteiger partial charge in [0.2, 0.25) is 0 Å². The fourth-order valence-electron chi connectivity index (χ4n) is 0. The average Bonchev–Trinajstić information content (AvgIpc) is 0.811. The maximum atomic E-state index is 2.27. The smallest absolute Gasteiger partial charge is 0.0379 e. The van der Waals surface area contributed by atoms with Crippen LogP contribution >= 0.6 is 0 Å². The van der Waals surface area contributed by atoms with Gasteiger partial charge in [-0.3, -0.25) is 0 Å². The van der Waals surface area contributed by atoms with Crippen molar-refractivity contribution in [1.29, 1.82) is 0 Å². The minimum absolute atomic E-state index is 0. The summed E-state index contributed by atoms with van der Waals surface area (Å²) in [5.74, 6) is 0. The SMILES string of the molecule is C[Si](C)C.[Al].[Y]. The number of rotatable bonds is 0. The molecule has 6 heavy (non-hydrogen) atoms. The van der Waals surface area contributed by atoms with Crippen LogP contribution in [0.2, 0.25) is 19.6 Å². The van der Waals surface area contributed by atoms with E-state index in [0.717, 1.165) is 0 Å². The first kappa shape index (κ1) is 15.7. The molecule has 0 saturated heterocycles. The monoisotopic (exact) mass is 189 g/mol. The van der Waals surface area contributed by atoms with Gasteiger partial charge in [0.15, 0.2) is 0 Å². The molecule has 0 heterocycles. The number of hydrogen-bond acceptors (Lipinski definition) is 0. The molecule has 0 aromatic rings. The van der Waals surface area contributed by atoms with Gasteiger partial charge in [-0.25, -0.2) is 0 Å². The molecule has 0 spiro atoms. The van der Waals surface area contributed by atoms with Crippen LogP contribution in [0.15, 0.2) is 0 Å². The van der Waals surface area contributed by atoms with E-state index in [0.29, 0.717) is 0 Å². The van der Waals surface area contributed by atoms with Crippen LogP contribution < -0.4 is 0 Å². The average molecular weight is 189 g/mol. The summed E-state index contributed by atoms with van der Waals surface area (Å²) in [6.45, 7) is 6.81. The number of hydrogen-bond donors (Lipinski definition) is 0. The molecule has 0 saturated carbocycles. The first-order valence-electron chi connectivity index (χ1n) is 1.50. The van der Waals surface area contributed by atoms with Crippen molar-refractivity contribution in [3.63, 3.8) is 0 Å². The topological polar surface area (TPSA) is 0 Å². The third kappa shape index (κ3) is 40.1. The molecule has 3 heteroatoms. The van der Waals surface area contributed by atoms with Gasteiger partial charge in [-0.05, 0) is 0 Å². The summed E-state index contributed by atoms with van der Waals surface area (Å²) in [6.07, 6.45) is 0. The Morgan fingerprint density at radius 1 is 1.00 bits per heavy atom. The molecule has 0 bridgehead atoms. The van der Waals surface area contributed by atoms with E-state index in [-0.39, 0.29) is 58.9 Å². The van der Waals surface area contributed by atoms with Gasteiger partial charge in [0.25, 0.3) is 0 Å². The van der Waals surface area contributed by atoms with Crippen molar-refractivity contribution >= 4 is 26.2 Å². The Kier molecular flexibility index (Phi) is 26.0. The largest absolute Gasteiger partial charge is 0.0715 e. The van der Waals surface area contributed by atoms with Crippen LogP contribution in [0.4, 0.5) is 0 Å². The van der Waals surface area contributed by atoms with Crippen molar-refractivity contribution in [2.75, 3.05) is 0 Å². The van der Waals surface area contributed by atoms with Gasteiger partial charge < -0.3 is 0 Å². The maximum Gasteiger partial charge on any atom is 0.0379 e. The van der Waals surface area contributed by atoms with Crippen LogP contribution in [0.5, 0.6) is 0 Å². The Bertz CT molecular complexity index is 15.5. The second-order valence-corrected chi connectivity index (χ2v) is 4.50. The van der Waals surface area contributed by atoms with Crippen LogP contribution in [-0.4, -0.2) is 26.2 Å². The minimum Gasteiger partial charge on any atom is -0.0715 e. The van der Waals surface area contributed by atoms with Crippen LogP contribution in [-0.2, 0) is 32.7 Å². The van der Waals surface area contributed by atoms with E-state index in [1.165, 1.54) is 0 Å². The summed E-state index contributed by atoms with van der Waals surface area (Å²) in [5, 5.41) is 0. The van der Waals surface area contributed by atoms with Gasteiger partial charge in [0.1, 0.15) is 0 Å². The molecule has 0 aromatic heterocycles. The summed E-state index contributed by atoms with van der Waals surface area (Å²) in [6, 6.07) is 0. The van der Waals surface area contributed by atoms with Gasteiger partial charge in [-0.15, -0.1) is 0 Å². The molecule has 0 aliphatic rings. The molecule has 0 fully saturated rings. The minimum atomic E-state index is 0. The third-order valence-corrected chi connectivity index (χ3v) is 0. The summed E-state index contributed by atoms with van der Waals surface area (Å²) in [7, 11) is 0.120. The summed E-state index contributed by atoms with van der Waals surface area (Å²) >= 11 is 0. The molecule has 5 radical (unpaired) electrons. The zero-order chi connectivity index (χ0) is 3.58. The third-order valence-electron chi connectivity index (χ3n) is 0. The molecular formula is C3H9AlSiY. The van der Waals surface area contributed by atoms with Gasteiger partial charge in [-0.2, -0.15) is 0 Å². The van der Waals surface area contributed by atoms with E-state index < -0.39 is 0 Å². The van der Waals surface area contributed by atoms with E-state index in [9.17, 15) is 0 Å². The maximum absolute atomic E-state index is 2.27. The van der Waals surface area contributed by atoms with Gasteiger partial charge in [0, 0.05) is 58.9 Å². The normalized spacial score (nSPS) is 6.00. The van der Waals surface area contributed by atoms with E-state index in [2.05, 4.69) is 19.6 Å². The van der Waals surface area contributed by atoms with Gasteiger partial charge >= 0.3 is 0 Å². The first-order valence-corrected chi connectivity index (χ1v) is 4.50. The molecule has 0 aliphatic carbocycles. The van der Waals surface area contributed by atoms with Crippen molar-refractivity contribution in [1.82, 2.24) is 0 Å². The van der Waals surface area contributed by atoms with Crippen molar-refractivity contribution < 1.29 is 32.7 Å². The van der Waals surface area contributed by atoms with E-state index >= 15 is 0 Å². The first-order chi connectivity index (χ1) is 1.73. The summed E-state index contributed by atoms with van der Waals surface area (Å²) in [5.41, 5.74) is 0. The standard InChI is InChI=1S/C3H9Si.Al.Y/c1-4(2)3;;/h1-3H3;;.